The average molecular weight is 443 g/mol. The number of imide groups is 2. The van der Waals surface area contributed by atoms with E-state index < -0.39 is 24.1 Å². The van der Waals surface area contributed by atoms with Crippen LogP contribution in [0.3, 0.4) is 0 Å². The quantitative estimate of drug-likeness (QED) is 0.389. The van der Waals surface area contributed by atoms with Crippen LogP contribution >= 0.6 is 21.6 Å². The maximum atomic E-state index is 12.6. The van der Waals surface area contributed by atoms with Crippen LogP contribution in [0.25, 0.3) is 0 Å². The molecule has 0 bridgehead atoms. The van der Waals surface area contributed by atoms with Crippen LogP contribution in [-0.4, -0.2) is 47.5 Å². The third kappa shape index (κ3) is 4.01. The zero-order chi connectivity index (χ0) is 21.1. The second kappa shape index (κ2) is 8.80. The largest absolute Gasteiger partial charge is 0.329 e. The Bertz CT molecular complexity index is 894. The molecule has 2 aromatic rings. The van der Waals surface area contributed by atoms with Gasteiger partial charge in [0.2, 0.25) is 0 Å². The highest BCUT2D eigenvalue weighted by Gasteiger charge is 2.40. The first-order chi connectivity index (χ1) is 14.6. The molecule has 2 aromatic carbocycles. The third-order valence-electron chi connectivity index (χ3n) is 4.62. The van der Waals surface area contributed by atoms with Crippen molar-refractivity contribution in [2.45, 2.75) is 12.1 Å². The maximum absolute atomic E-state index is 12.6. The highest BCUT2D eigenvalue weighted by molar-refractivity contribution is 8.76. The molecule has 10 heteroatoms. The first kappa shape index (κ1) is 20.3. The minimum atomic E-state index is -0.634. The van der Waals surface area contributed by atoms with Crippen molar-refractivity contribution in [3.05, 3.63) is 60.7 Å². The Hall–Kier alpha value is -2.98. The molecule has 0 aromatic heterocycles. The Morgan fingerprint density at radius 2 is 1.00 bits per heavy atom. The lowest BCUT2D eigenvalue weighted by Gasteiger charge is -2.13. The minimum Gasteiger partial charge on any atom is -0.325 e. The number of rotatable bonds is 7. The summed E-state index contributed by atoms with van der Waals surface area (Å²) in [6.45, 7) is 0. The monoisotopic (exact) mass is 442 g/mol. The van der Waals surface area contributed by atoms with E-state index in [1.807, 2.05) is 12.1 Å². The molecule has 2 fully saturated rings. The van der Waals surface area contributed by atoms with Gasteiger partial charge in [-0.15, -0.1) is 0 Å². The number of carbonyl (C=O) groups is 4. The molecular weight excluding hydrogens is 424 g/mol. The van der Waals surface area contributed by atoms with Crippen LogP contribution in [0.15, 0.2) is 60.7 Å². The summed E-state index contributed by atoms with van der Waals surface area (Å²) in [6.07, 6.45) is 0. The molecule has 6 amide bonds. The molecular formula is C20H18N4O4S2. The zero-order valence-electron chi connectivity index (χ0n) is 15.7. The van der Waals surface area contributed by atoms with Gasteiger partial charge in [-0.1, -0.05) is 58.0 Å². The van der Waals surface area contributed by atoms with Gasteiger partial charge in [0.25, 0.3) is 11.8 Å². The van der Waals surface area contributed by atoms with Crippen molar-refractivity contribution in [2.24, 2.45) is 0 Å². The fourth-order valence-electron chi connectivity index (χ4n) is 3.16. The molecule has 8 nitrogen and oxygen atoms in total. The van der Waals surface area contributed by atoms with Gasteiger partial charge >= 0.3 is 12.1 Å². The van der Waals surface area contributed by atoms with Crippen molar-refractivity contribution < 1.29 is 19.2 Å². The Morgan fingerprint density at radius 3 is 1.37 bits per heavy atom. The molecule has 4 rings (SSSR count). The molecule has 0 saturated carbocycles. The highest BCUT2D eigenvalue weighted by atomic mass is 33.1. The summed E-state index contributed by atoms with van der Waals surface area (Å²) in [5.41, 5.74) is 1.06. The van der Waals surface area contributed by atoms with E-state index in [1.54, 1.807) is 48.5 Å². The predicted octanol–water partition coefficient (Wildman–Crippen LogP) is 2.62. The number of amides is 6. The summed E-state index contributed by atoms with van der Waals surface area (Å²) >= 11 is 0. The van der Waals surface area contributed by atoms with E-state index in [9.17, 15) is 19.2 Å². The molecule has 0 unspecified atom stereocenters. The first-order valence-corrected chi connectivity index (χ1v) is 11.7. The number of urea groups is 2. The standard InChI is InChI=1S/C20H18N4O4S2/c25-17-15(21-19(27)23(17)13-7-3-1-4-8-13)11-29-30-12-16-18(26)24(20(28)22-16)14-9-5-2-6-10-14/h1-10,15-16H,11-12H2,(H,21,27)(H,22,28)/t15-,16+. The fraction of sp³-hybridized carbons (Fsp3) is 0.200. The van der Waals surface area contributed by atoms with Crippen molar-refractivity contribution in [3.63, 3.8) is 0 Å². The Morgan fingerprint density at radius 1 is 0.633 bits per heavy atom. The fourth-order valence-corrected chi connectivity index (χ4v) is 5.47. The van der Waals surface area contributed by atoms with Gasteiger partial charge < -0.3 is 10.6 Å². The van der Waals surface area contributed by atoms with Crippen LogP contribution in [0.5, 0.6) is 0 Å². The van der Waals surface area contributed by atoms with Gasteiger partial charge in [-0.3, -0.25) is 9.59 Å². The van der Waals surface area contributed by atoms with E-state index >= 15 is 0 Å². The lowest BCUT2D eigenvalue weighted by Crippen LogP contribution is -2.33. The molecule has 2 aliphatic heterocycles. The normalized spacial score (nSPS) is 21.2. The molecule has 0 spiro atoms. The molecule has 2 aliphatic rings. The zero-order valence-corrected chi connectivity index (χ0v) is 17.3. The summed E-state index contributed by atoms with van der Waals surface area (Å²) in [6, 6.07) is 15.3. The number of benzene rings is 2. The van der Waals surface area contributed by atoms with Crippen LogP contribution in [-0.2, 0) is 9.59 Å². The summed E-state index contributed by atoms with van der Waals surface area (Å²) in [5.74, 6) is 0.102. The molecule has 2 N–H and O–H groups in total. The number of nitrogens with zero attached hydrogens (tertiary/aromatic N) is 2. The van der Waals surface area contributed by atoms with Crippen molar-refractivity contribution in [3.8, 4) is 0 Å². The highest BCUT2D eigenvalue weighted by Crippen LogP contribution is 2.28. The molecule has 0 radical (unpaired) electrons. The van der Waals surface area contributed by atoms with Gasteiger partial charge in [-0.05, 0) is 24.3 Å². The Balaban J connectivity index is 1.28. The maximum Gasteiger partial charge on any atom is 0.329 e. The van der Waals surface area contributed by atoms with Crippen molar-refractivity contribution >= 4 is 56.8 Å². The smallest absolute Gasteiger partial charge is 0.325 e. The topological polar surface area (TPSA) is 98.8 Å². The van der Waals surface area contributed by atoms with E-state index in [0.717, 1.165) is 9.80 Å². The van der Waals surface area contributed by atoms with Crippen LogP contribution in [0.2, 0.25) is 0 Å². The van der Waals surface area contributed by atoms with Gasteiger partial charge in [0, 0.05) is 11.5 Å². The van der Waals surface area contributed by atoms with Crippen molar-refractivity contribution in [1.29, 1.82) is 0 Å². The number of anilines is 2. The van der Waals surface area contributed by atoms with Crippen molar-refractivity contribution in [1.82, 2.24) is 10.6 Å². The third-order valence-corrected chi connectivity index (χ3v) is 7.04. The van der Waals surface area contributed by atoms with Crippen molar-refractivity contribution in [2.75, 3.05) is 21.3 Å². The SMILES string of the molecule is O=C1N[C@@H](CSSC[C@H]2NC(=O)N(c3ccccc3)C2=O)C(=O)N1c1ccccc1. The number of para-hydroxylation sites is 2. The summed E-state index contributed by atoms with van der Waals surface area (Å²) < 4.78 is 0. The van der Waals surface area contributed by atoms with Gasteiger partial charge in [0.15, 0.2) is 0 Å². The molecule has 0 aliphatic carbocycles. The first-order valence-electron chi connectivity index (χ1n) is 9.19. The molecule has 30 heavy (non-hydrogen) atoms. The number of nitrogens with one attached hydrogen (secondary N) is 2. The summed E-state index contributed by atoms with van der Waals surface area (Å²) in [4.78, 5) is 51.7. The lowest BCUT2D eigenvalue weighted by molar-refractivity contribution is -0.118. The van der Waals surface area contributed by atoms with E-state index in [-0.39, 0.29) is 11.8 Å². The minimum absolute atomic E-state index is 0.306. The summed E-state index contributed by atoms with van der Waals surface area (Å²) in [7, 11) is 2.75. The number of carbonyl (C=O) groups excluding carboxylic acids is 4. The number of hydrogen-bond acceptors (Lipinski definition) is 6. The van der Waals surface area contributed by atoms with Crippen LogP contribution < -0.4 is 20.4 Å². The lowest BCUT2D eigenvalue weighted by atomic mass is 10.3. The van der Waals surface area contributed by atoms with E-state index in [1.165, 1.54) is 21.6 Å². The Labute approximate surface area is 180 Å². The van der Waals surface area contributed by atoms with Crippen LogP contribution in [0.1, 0.15) is 0 Å². The Kier molecular flexibility index (Phi) is 5.96. The van der Waals surface area contributed by atoms with Gasteiger partial charge in [0.05, 0.1) is 11.4 Å². The molecule has 2 atom stereocenters. The second-order valence-corrected chi connectivity index (χ2v) is 9.14. The molecule has 2 saturated heterocycles. The van der Waals surface area contributed by atoms with Crippen LogP contribution in [0, 0.1) is 0 Å². The van der Waals surface area contributed by atoms with Gasteiger partial charge in [-0.2, -0.15) is 0 Å². The van der Waals surface area contributed by atoms with E-state index in [4.69, 9.17) is 0 Å². The predicted molar refractivity (Wildman–Crippen MR) is 117 cm³/mol. The summed E-state index contributed by atoms with van der Waals surface area (Å²) in [5, 5.41) is 5.37. The average Bonchev–Trinajstić information content (AvgIpc) is 3.20. The second-order valence-electron chi connectivity index (χ2n) is 6.59. The number of hydrogen-bond donors (Lipinski definition) is 2. The van der Waals surface area contributed by atoms with E-state index in [2.05, 4.69) is 10.6 Å². The van der Waals surface area contributed by atoms with E-state index in [0.29, 0.717) is 22.9 Å². The molecule has 154 valence electrons. The van der Waals surface area contributed by atoms with Gasteiger partial charge in [-0.25, -0.2) is 19.4 Å². The molecule has 2 heterocycles. The van der Waals surface area contributed by atoms with Crippen LogP contribution in [0.4, 0.5) is 21.0 Å². The van der Waals surface area contributed by atoms with Gasteiger partial charge in [0.1, 0.15) is 12.1 Å².